The van der Waals surface area contributed by atoms with Crippen molar-refractivity contribution < 1.29 is 14.1 Å². The van der Waals surface area contributed by atoms with Gasteiger partial charge in [-0.2, -0.15) is 0 Å². The van der Waals surface area contributed by atoms with Crippen molar-refractivity contribution in [3.05, 3.63) is 48.1 Å². The van der Waals surface area contributed by atoms with Crippen molar-refractivity contribution in [2.45, 2.75) is 38.9 Å². The van der Waals surface area contributed by atoms with Crippen molar-refractivity contribution >= 4 is 11.8 Å². The highest BCUT2D eigenvalue weighted by atomic mass is 16.5. The third-order valence-electron chi connectivity index (χ3n) is 4.88. The van der Waals surface area contributed by atoms with Gasteiger partial charge in [-0.15, -0.1) is 0 Å². The monoisotopic (exact) mass is 371 g/mol. The Balaban J connectivity index is 1.73. The number of hydrogen-bond acceptors (Lipinski definition) is 6. The Morgan fingerprint density at radius 3 is 2.78 bits per heavy atom. The van der Waals surface area contributed by atoms with Crippen LogP contribution in [0.4, 0.5) is 0 Å². The standard InChI is InChI=1S/C19H25N5O3/c1-3-23(4-2)19(26)17-10-15(21-18(25)16-7-9-27-22-16)13-24(17)12-14-6-5-8-20-11-14/h5-9,11,15,17H,3-4,10,12-13H2,1-2H3,(H,21,25). The quantitative estimate of drug-likeness (QED) is 0.789. The molecule has 1 N–H and O–H groups in total. The normalized spacial score (nSPS) is 19.8. The third kappa shape index (κ3) is 4.51. The molecule has 0 radical (unpaired) electrons. The second-order valence-electron chi connectivity index (χ2n) is 6.61. The fourth-order valence-electron chi connectivity index (χ4n) is 3.50. The molecule has 0 bridgehead atoms. The molecular formula is C19H25N5O3. The van der Waals surface area contributed by atoms with Crippen LogP contribution in [-0.2, 0) is 11.3 Å². The van der Waals surface area contributed by atoms with Crippen LogP contribution in [0.1, 0.15) is 36.3 Å². The Morgan fingerprint density at radius 2 is 2.15 bits per heavy atom. The number of nitrogens with zero attached hydrogens (tertiary/aromatic N) is 4. The van der Waals surface area contributed by atoms with Crippen molar-refractivity contribution in [2.24, 2.45) is 0 Å². The molecule has 27 heavy (non-hydrogen) atoms. The zero-order valence-electron chi connectivity index (χ0n) is 15.7. The Hall–Kier alpha value is -2.74. The number of pyridine rings is 1. The molecule has 0 aromatic carbocycles. The Labute approximate surface area is 158 Å². The molecule has 2 unspecified atom stereocenters. The second kappa shape index (κ2) is 8.77. The molecule has 0 spiro atoms. The van der Waals surface area contributed by atoms with E-state index in [1.807, 2.05) is 30.9 Å². The van der Waals surface area contributed by atoms with Gasteiger partial charge in [-0.05, 0) is 31.9 Å². The van der Waals surface area contributed by atoms with E-state index in [0.717, 1.165) is 5.56 Å². The summed E-state index contributed by atoms with van der Waals surface area (Å²) >= 11 is 0. The minimum atomic E-state index is -0.286. The fraction of sp³-hybridized carbons (Fsp3) is 0.474. The maximum absolute atomic E-state index is 13.0. The molecule has 1 aliphatic heterocycles. The number of rotatable bonds is 7. The maximum atomic E-state index is 13.0. The fourth-order valence-corrected chi connectivity index (χ4v) is 3.50. The topological polar surface area (TPSA) is 91.6 Å². The van der Waals surface area contributed by atoms with E-state index in [9.17, 15) is 9.59 Å². The smallest absolute Gasteiger partial charge is 0.273 e. The molecule has 2 atom stereocenters. The number of amides is 2. The maximum Gasteiger partial charge on any atom is 0.273 e. The molecule has 8 heteroatoms. The minimum absolute atomic E-state index is 0.0991. The van der Waals surface area contributed by atoms with Crippen LogP contribution in [0.3, 0.4) is 0 Å². The summed E-state index contributed by atoms with van der Waals surface area (Å²) in [5, 5.41) is 6.64. The number of likely N-dealkylation sites (tertiary alicyclic amines) is 1. The predicted molar refractivity (Wildman–Crippen MR) is 98.7 cm³/mol. The molecule has 2 aromatic heterocycles. The number of likely N-dealkylation sites (N-methyl/N-ethyl adjacent to an activating group) is 1. The molecule has 144 valence electrons. The van der Waals surface area contributed by atoms with Crippen molar-refractivity contribution in [3.63, 3.8) is 0 Å². The lowest BCUT2D eigenvalue weighted by atomic mass is 10.1. The molecule has 0 saturated carbocycles. The second-order valence-corrected chi connectivity index (χ2v) is 6.61. The number of nitrogens with one attached hydrogen (secondary N) is 1. The highest BCUT2D eigenvalue weighted by Crippen LogP contribution is 2.23. The van der Waals surface area contributed by atoms with Crippen LogP contribution in [0.25, 0.3) is 0 Å². The van der Waals surface area contributed by atoms with Gasteiger partial charge in [-0.3, -0.25) is 19.5 Å². The first-order chi connectivity index (χ1) is 13.1. The first-order valence-corrected chi connectivity index (χ1v) is 9.25. The number of aromatic nitrogens is 2. The van der Waals surface area contributed by atoms with Crippen LogP contribution in [0, 0.1) is 0 Å². The van der Waals surface area contributed by atoms with Gasteiger partial charge in [0.15, 0.2) is 5.69 Å². The molecule has 1 fully saturated rings. The lowest BCUT2D eigenvalue weighted by Gasteiger charge is -2.28. The van der Waals surface area contributed by atoms with Gasteiger partial charge in [-0.1, -0.05) is 11.2 Å². The first kappa shape index (κ1) is 19.0. The lowest BCUT2D eigenvalue weighted by Crippen LogP contribution is -2.45. The van der Waals surface area contributed by atoms with Gasteiger partial charge in [0.25, 0.3) is 5.91 Å². The highest BCUT2D eigenvalue weighted by Gasteiger charge is 2.39. The largest absolute Gasteiger partial charge is 0.364 e. The van der Waals surface area contributed by atoms with Crippen LogP contribution in [0.2, 0.25) is 0 Å². The van der Waals surface area contributed by atoms with Gasteiger partial charge >= 0.3 is 0 Å². The average Bonchev–Trinajstić information content (AvgIpc) is 3.34. The lowest BCUT2D eigenvalue weighted by molar-refractivity contribution is -0.135. The zero-order valence-corrected chi connectivity index (χ0v) is 15.7. The van der Waals surface area contributed by atoms with Crippen molar-refractivity contribution in [1.82, 2.24) is 25.3 Å². The average molecular weight is 371 g/mol. The van der Waals surface area contributed by atoms with Crippen LogP contribution in [0.5, 0.6) is 0 Å². The van der Waals surface area contributed by atoms with Gasteiger partial charge < -0.3 is 14.7 Å². The van der Waals surface area contributed by atoms with Crippen LogP contribution < -0.4 is 5.32 Å². The summed E-state index contributed by atoms with van der Waals surface area (Å²) in [6, 6.07) is 5.00. The minimum Gasteiger partial charge on any atom is -0.364 e. The van der Waals surface area contributed by atoms with E-state index in [4.69, 9.17) is 4.52 Å². The number of carbonyl (C=O) groups is 2. The molecule has 2 amide bonds. The van der Waals surface area contributed by atoms with Crippen molar-refractivity contribution in [1.29, 1.82) is 0 Å². The Kier molecular flexibility index (Phi) is 6.18. The summed E-state index contributed by atoms with van der Waals surface area (Å²) in [5.74, 6) is -0.187. The zero-order chi connectivity index (χ0) is 19.2. The summed E-state index contributed by atoms with van der Waals surface area (Å²) in [6.45, 7) is 6.50. The van der Waals surface area contributed by atoms with Crippen LogP contribution >= 0.6 is 0 Å². The Bertz CT molecular complexity index is 746. The summed E-state index contributed by atoms with van der Waals surface area (Å²) in [5.41, 5.74) is 1.28. The molecule has 3 heterocycles. The van der Waals surface area contributed by atoms with E-state index >= 15 is 0 Å². The van der Waals surface area contributed by atoms with Gasteiger partial charge in [0, 0.05) is 50.7 Å². The summed E-state index contributed by atoms with van der Waals surface area (Å²) < 4.78 is 4.73. The number of hydrogen-bond donors (Lipinski definition) is 1. The van der Waals surface area contributed by atoms with Crippen LogP contribution in [0.15, 0.2) is 41.4 Å². The molecule has 8 nitrogen and oxygen atoms in total. The molecular weight excluding hydrogens is 346 g/mol. The molecule has 1 aliphatic rings. The van der Waals surface area contributed by atoms with E-state index in [-0.39, 0.29) is 29.6 Å². The van der Waals surface area contributed by atoms with Gasteiger partial charge in [0.2, 0.25) is 5.91 Å². The highest BCUT2D eigenvalue weighted by molar-refractivity contribution is 5.92. The number of carbonyl (C=O) groups excluding carboxylic acids is 2. The first-order valence-electron chi connectivity index (χ1n) is 9.25. The van der Waals surface area contributed by atoms with Gasteiger partial charge in [-0.25, -0.2) is 0 Å². The summed E-state index contributed by atoms with van der Waals surface area (Å²) in [7, 11) is 0. The summed E-state index contributed by atoms with van der Waals surface area (Å²) in [6.07, 6.45) is 5.47. The van der Waals surface area contributed by atoms with E-state index in [1.54, 1.807) is 12.4 Å². The molecule has 3 rings (SSSR count). The molecule has 0 aliphatic carbocycles. The van der Waals surface area contributed by atoms with Gasteiger partial charge in [0.1, 0.15) is 6.26 Å². The molecule has 1 saturated heterocycles. The van der Waals surface area contributed by atoms with Crippen LogP contribution in [-0.4, -0.2) is 63.5 Å². The SMILES string of the molecule is CCN(CC)C(=O)C1CC(NC(=O)c2ccon2)CN1Cc1cccnc1. The third-order valence-corrected chi connectivity index (χ3v) is 4.88. The van der Waals surface area contributed by atoms with Gasteiger partial charge in [0.05, 0.1) is 6.04 Å². The molecule has 2 aromatic rings. The Morgan fingerprint density at radius 1 is 1.33 bits per heavy atom. The predicted octanol–water partition coefficient (Wildman–Crippen LogP) is 1.31. The van der Waals surface area contributed by atoms with Crippen molar-refractivity contribution in [2.75, 3.05) is 19.6 Å². The van der Waals surface area contributed by atoms with Crippen molar-refractivity contribution in [3.8, 4) is 0 Å². The van der Waals surface area contributed by atoms with E-state index in [1.165, 1.54) is 12.3 Å². The summed E-state index contributed by atoms with van der Waals surface area (Å²) in [4.78, 5) is 33.4. The van der Waals surface area contributed by atoms with E-state index < -0.39 is 0 Å². The van der Waals surface area contributed by atoms with E-state index in [0.29, 0.717) is 32.6 Å². The van der Waals surface area contributed by atoms with E-state index in [2.05, 4.69) is 20.4 Å².